The van der Waals surface area contributed by atoms with E-state index in [4.69, 9.17) is 0 Å². The van der Waals surface area contributed by atoms with Crippen LogP contribution >= 0.6 is 11.8 Å². The zero-order valence-electron chi connectivity index (χ0n) is 15.7. The molecule has 0 spiro atoms. The van der Waals surface area contributed by atoms with Gasteiger partial charge >= 0.3 is 0 Å². The lowest BCUT2D eigenvalue weighted by molar-refractivity contribution is -0.113. The molecule has 0 aliphatic rings. The molecule has 0 atom stereocenters. The number of benzene rings is 2. The van der Waals surface area contributed by atoms with E-state index in [0.29, 0.717) is 17.4 Å². The molecule has 0 saturated carbocycles. The average Bonchev–Trinajstić information content (AvgIpc) is 3.12. The van der Waals surface area contributed by atoms with Gasteiger partial charge in [-0.05, 0) is 46.5 Å². The van der Waals surface area contributed by atoms with Gasteiger partial charge in [0.2, 0.25) is 5.91 Å². The lowest BCUT2D eigenvalue weighted by Gasteiger charge is -2.16. The number of carbonyl (C=O) groups is 1. The van der Waals surface area contributed by atoms with Gasteiger partial charge in [0, 0.05) is 5.69 Å². The van der Waals surface area contributed by atoms with Crippen molar-refractivity contribution < 1.29 is 4.79 Å². The Morgan fingerprint density at radius 1 is 1.15 bits per heavy atom. The molecule has 27 heavy (non-hydrogen) atoms. The van der Waals surface area contributed by atoms with E-state index in [9.17, 15) is 4.79 Å². The molecule has 1 N–H and O–H groups in total. The molecular weight excluding hydrogens is 358 g/mol. The largest absolute Gasteiger partial charge is 0.325 e. The van der Waals surface area contributed by atoms with Crippen molar-refractivity contribution in [1.82, 2.24) is 20.2 Å². The first kappa shape index (κ1) is 19.1. The van der Waals surface area contributed by atoms with Crippen LogP contribution in [0.4, 0.5) is 5.69 Å². The van der Waals surface area contributed by atoms with Gasteiger partial charge < -0.3 is 5.32 Å². The minimum atomic E-state index is -0.0186. The predicted molar refractivity (Wildman–Crippen MR) is 109 cm³/mol. The second-order valence-electron chi connectivity index (χ2n) is 6.58. The SMILES string of the molecule is Cc1cccc(C(C)C)c1NC(=O)CSCc1nnnn1-c1ccccc1. The molecule has 1 heterocycles. The van der Waals surface area contributed by atoms with Crippen LogP contribution in [0.25, 0.3) is 5.69 Å². The number of nitrogens with one attached hydrogen (secondary N) is 1. The molecule has 0 saturated heterocycles. The van der Waals surface area contributed by atoms with Crippen LogP contribution in [0.5, 0.6) is 0 Å². The van der Waals surface area contributed by atoms with E-state index in [2.05, 4.69) is 40.8 Å². The molecule has 0 aliphatic heterocycles. The topological polar surface area (TPSA) is 72.7 Å². The molecule has 0 aliphatic carbocycles. The van der Waals surface area contributed by atoms with Crippen LogP contribution in [0.2, 0.25) is 0 Å². The molecule has 3 rings (SSSR count). The monoisotopic (exact) mass is 381 g/mol. The van der Waals surface area contributed by atoms with E-state index in [1.165, 1.54) is 11.8 Å². The van der Waals surface area contributed by atoms with Gasteiger partial charge in [0.1, 0.15) is 0 Å². The molecule has 0 fully saturated rings. The number of carbonyl (C=O) groups excluding carboxylic acids is 1. The Hall–Kier alpha value is -2.67. The molecule has 0 bridgehead atoms. The molecule has 7 heteroatoms. The molecule has 1 amide bonds. The van der Waals surface area contributed by atoms with Gasteiger partial charge in [-0.1, -0.05) is 50.2 Å². The Morgan fingerprint density at radius 3 is 2.67 bits per heavy atom. The Kier molecular flexibility index (Phi) is 6.24. The third-order valence-corrected chi connectivity index (χ3v) is 5.12. The van der Waals surface area contributed by atoms with Crippen LogP contribution in [0.1, 0.15) is 36.7 Å². The lowest BCUT2D eigenvalue weighted by Crippen LogP contribution is -2.17. The maximum absolute atomic E-state index is 12.4. The van der Waals surface area contributed by atoms with E-state index in [0.717, 1.165) is 28.3 Å². The van der Waals surface area contributed by atoms with Crippen molar-refractivity contribution in [1.29, 1.82) is 0 Å². The summed E-state index contributed by atoms with van der Waals surface area (Å²) in [6.07, 6.45) is 0. The van der Waals surface area contributed by atoms with E-state index >= 15 is 0 Å². The van der Waals surface area contributed by atoms with Gasteiger partial charge in [-0.3, -0.25) is 4.79 Å². The molecule has 6 nitrogen and oxygen atoms in total. The summed E-state index contributed by atoms with van der Waals surface area (Å²) in [6.45, 7) is 6.27. The summed E-state index contributed by atoms with van der Waals surface area (Å²) in [7, 11) is 0. The zero-order valence-corrected chi connectivity index (χ0v) is 16.5. The predicted octanol–water partition coefficient (Wildman–Crippen LogP) is 3.97. The normalized spacial score (nSPS) is 11.0. The van der Waals surface area contributed by atoms with Crippen LogP contribution in [0.15, 0.2) is 48.5 Å². The molecular formula is C20H23N5OS. The number of tetrazole rings is 1. The van der Waals surface area contributed by atoms with Crippen molar-refractivity contribution in [2.45, 2.75) is 32.4 Å². The summed E-state index contributed by atoms with van der Waals surface area (Å²) < 4.78 is 1.70. The van der Waals surface area contributed by atoms with Gasteiger partial charge in [-0.2, -0.15) is 4.68 Å². The fourth-order valence-corrected chi connectivity index (χ4v) is 3.54. The van der Waals surface area contributed by atoms with Crippen LogP contribution in [-0.4, -0.2) is 31.9 Å². The summed E-state index contributed by atoms with van der Waals surface area (Å²) in [5.41, 5.74) is 4.06. The third-order valence-electron chi connectivity index (χ3n) is 4.19. The summed E-state index contributed by atoms with van der Waals surface area (Å²) in [4.78, 5) is 12.4. The highest BCUT2D eigenvalue weighted by Gasteiger charge is 2.13. The smallest absolute Gasteiger partial charge is 0.234 e. The maximum Gasteiger partial charge on any atom is 0.234 e. The minimum Gasteiger partial charge on any atom is -0.325 e. The maximum atomic E-state index is 12.4. The molecule has 0 radical (unpaired) electrons. The van der Waals surface area contributed by atoms with Crippen molar-refractivity contribution in [2.75, 3.05) is 11.1 Å². The summed E-state index contributed by atoms with van der Waals surface area (Å²) in [6, 6.07) is 15.8. The van der Waals surface area contributed by atoms with E-state index < -0.39 is 0 Å². The summed E-state index contributed by atoms with van der Waals surface area (Å²) in [5, 5.41) is 14.9. The second kappa shape index (κ2) is 8.81. The first-order valence-electron chi connectivity index (χ1n) is 8.86. The van der Waals surface area contributed by atoms with Gasteiger partial charge in [-0.25, -0.2) is 0 Å². The Bertz CT molecular complexity index is 908. The summed E-state index contributed by atoms with van der Waals surface area (Å²) in [5.74, 6) is 1.95. The number of nitrogens with zero attached hydrogens (tertiary/aromatic N) is 4. The Morgan fingerprint density at radius 2 is 1.93 bits per heavy atom. The van der Waals surface area contributed by atoms with Crippen LogP contribution in [-0.2, 0) is 10.5 Å². The second-order valence-corrected chi connectivity index (χ2v) is 7.56. The van der Waals surface area contributed by atoms with Crippen LogP contribution in [0, 0.1) is 6.92 Å². The number of para-hydroxylation sites is 2. The number of rotatable bonds is 7. The van der Waals surface area contributed by atoms with Crippen molar-refractivity contribution in [2.24, 2.45) is 0 Å². The van der Waals surface area contributed by atoms with Crippen molar-refractivity contribution in [3.8, 4) is 5.69 Å². The minimum absolute atomic E-state index is 0.0186. The Balaban J connectivity index is 1.60. The first-order valence-corrected chi connectivity index (χ1v) is 10.0. The highest BCUT2D eigenvalue weighted by atomic mass is 32.2. The fraction of sp³-hybridized carbons (Fsp3) is 0.300. The molecule has 1 aromatic heterocycles. The van der Waals surface area contributed by atoms with Gasteiger partial charge in [-0.15, -0.1) is 16.9 Å². The highest BCUT2D eigenvalue weighted by Crippen LogP contribution is 2.27. The standard InChI is InChI=1S/C20H23N5OS/c1-14(2)17-11-7-8-15(3)20(17)21-19(26)13-27-12-18-22-23-24-25(18)16-9-5-4-6-10-16/h4-11,14H,12-13H2,1-3H3,(H,21,26). The number of anilines is 1. The van der Waals surface area contributed by atoms with Crippen molar-refractivity contribution in [3.63, 3.8) is 0 Å². The summed E-state index contributed by atoms with van der Waals surface area (Å²) >= 11 is 1.49. The van der Waals surface area contributed by atoms with Gasteiger partial charge in [0.25, 0.3) is 0 Å². The third kappa shape index (κ3) is 4.74. The molecule has 140 valence electrons. The quantitative estimate of drug-likeness (QED) is 0.670. The van der Waals surface area contributed by atoms with Gasteiger partial charge in [0.15, 0.2) is 5.82 Å². The van der Waals surface area contributed by atoms with Crippen LogP contribution < -0.4 is 5.32 Å². The number of aryl methyl sites for hydroxylation is 1. The number of thioether (sulfide) groups is 1. The fourth-order valence-electron chi connectivity index (χ4n) is 2.82. The van der Waals surface area contributed by atoms with E-state index in [-0.39, 0.29) is 5.91 Å². The van der Waals surface area contributed by atoms with Crippen LogP contribution in [0.3, 0.4) is 0 Å². The molecule has 0 unspecified atom stereocenters. The highest BCUT2D eigenvalue weighted by molar-refractivity contribution is 7.99. The molecule has 3 aromatic rings. The average molecular weight is 382 g/mol. The zero-order chi connectivity index (χ0) is 19.2. The van der Waals surface area contributed by atoms with Crippen molar-refractivity contribution in [3.05, 3.63) is 65.5 Å². The first-order chi connectivity index (χ1) is 13.1. The number of hydrogen-bond donors (Lipinski definition) is 1. The number of hydrogen-bond acceptors (Lipinski definition) is 5. The van der Waals surface area contributed by atoms with Crippen molar-refractivity contribution >= 4 is 23.4 Å². The van der Waals surface area contributed by atoms with E-state index in [1.807, 2.05) is 49.4 Å². The Labute approximate surface area is 163 Å². The molecule has 2 aromatic carbocycles. The lowest BCUT2D eigenvalue weighted by atomic mass is 9.98. The number of aromatic nitrogens is 4. The van der Waals surface area contributed by atoms with Gasteiger partial charge in [0.05, 0.1) is 17.2 Å². The van der Waals surface area contributed by atoms with E-state index in [1.54, 1.807) is 4.68 Å². The number of amides is 1.